The van der Waals surface area contributed by atoms with Crippen molar-refractivity contribution in [2.24, 2.45) is 0 Å². The molecule has 0 amide bonds. The molecule has 2 aromatic heterocycles. The van der Waals surface area contributed by atoms with Crippen LogP contribution in [0.15, 0.2) is 54.7 Å². The molecule has 0 aliphatic rings. The van der Waals surface area contributed by atoms with Crippen LogP contribution < -0.4 is 10.1 Å². The molecular weight excluding hydrogens is 310 g/mol. The summed E-state index contributed by atoms with van der Waals surface area (Å²) in [7, 11) is 1.66. The Labute approximate surface area is 138 Å². The third kappa shape index (κ3) is 2.37. The molecule has 0 spiro atoms. The Kier molecular flexibility index (Phi) is 3.32. The fraction of sp³-hybridized carbons (Fsp3) is 0.0556. The van der Waals surface area contributed by atoms with Crippen LogP contribution in [0.1, 0.15) is 0 Å². The van der Waals surface area contributed by atoms with Crippen molar-refractivity contribution in [3.8, 4) is 5.75 Å². The first-order valence-electron chi connectivity index (χ1n) is 7.22. The number of aromatic amines is 1. The molecule has 4 rings (SSSR count). The van der Waals surface area contributed by atoms with Crippen molar-refractivity contribution < 1.29 is 4.74 Å². The number of para-hydroxylation sites is 1. The number of H-pyrrole nitrogens is 1. The summed E-state index contributed by atoms with van der Waals surface area (Å²) in [5, 5.41) is 6.07. The van der Waals surface area contributed by atoms with E-state index in [1.165, 1.54) is 0 Å². The van der Waals surface area contributed by atoms with E-state index >= 15 is 0 Å². The molecule has 23 heavy (non-hydrogen) atoms. The zero-order valence-corrected chi connectivity index (χ0v) is 13.2. The van der Waals surface area contributed by atoms with E-state index in [1.54, 1.807) is 7.11 Å². The van der Waals surface area contributed by atoms with Gasteiger partial charge in [0.05, 0.1) is 23.2 Å². The van der Waals surface area contributed by atoms with Crippen LogP contribution in [0.2, 0.25) is 5.02 Å². The maximum atomic E-state index is 6.24. The van der Waals surface area contributed by atoms with Crippen molar-refractivity contribution in [2.45, 2.75) is 0 Å². The molecule has 2 aromatic carbocycles. The number of nitrogens with one attached hydrogen (secondary N) is 2. The molecule has 0 saturated heterocycles. The van der Waals surface area contributed by atoms with E-state index < -0.39 is 0 Å². The zero-order valence-electron chi connectivity index (χ0n) is 12.4. The summed E-state index contributed by atoms with van der Waals surface area (Å²) in [6.45, 7) is 0. The lowest BCUT2D eigenvalue weighted by Gasteiger charge is -2.10. The van der Waals surface area contributed by atoms with E-state index in [0.717, 1.165) is 39.1 Å². The Bertz CT molecular complexity index is 1010. The SMILES string of the molecule is COc1ccc(Nc2ccc3cccc(Cl)c3n2)c2cc[nH]c12. The summed E-state index contributed by atoms with van der Waals surface area (Å²) >= 11 is 6.24. The van der Waals surface area contributed by atoms with Crippen LogP contribution in [0.4, 0.5) is 11.5 Å². The Morgan fingerprint density at radius 1 is 1.09 bits per heavy atom. The van der Waals surface area contributed by atoms with Crippen molar-refractivity contribution in [2.75, 3.05) is 12.4 Å². The molecule has 0 aliphatic heterocycles. The number of hydrogen-bond acceptors (Lipinski definition) is 3. The van der Waals surface area contributed by atoms with Crippen molar-refractivity contribution >= 4 is 44.9 Å². The van der Waals surface area contributed by atoms with Crippen molar-refractivity contribution in [3.63, 3.8) is 0 Å². The van der Waals surface area contributed by atoms with Gasteiger partial charge >= 0.3 is 0 Å². The van der Waals surface area contributed by atoms with Crippen LogP contribution in [0.3, 0.4) is 0 Å². The summed E-state index contributed by atoms with van der Waals surface area (Å²) in [6, 6.07) is 15.6. The van der Waals surface area contributed by atoms with Gasteiger partial charge in [0.1, 0.15) is 11.6 Å². The molecule has 0 radical (unpaired) electrons. The first kappa shape index (κ1) is 13.9. The van der Waals surface area contributed by atoms with Crippen LogP contribution in [-0.4, -0.2) is 17.1 Å². The van der Waals surface area contributed by atoms with Crippen molar-refractivity contribution in [3.05, 3.63) is 59.8 Å². The van der Waals surface area contributed by atoms with E-state index in [9.17, 15) is 0 Å². The Morgan fingerprint density at radius 2 is 2.00 bits per heavy atom. The Morgan fingerprint density at radius 3 is 2.87 bits per heavy atom. The van der Waals surface area contributed by atoms with E-state index in [0.29, 0.717) is 5.02 Å². The van der Waals surface area contributed by atoms with E-state index in [1.807, 2.05) is 54.7 Å². The smallest absolute Gasteiger partial charge is 0.143 e. The second-order valence-electron chi connectivity index (χ2n) is 5.21. The lowest BCUT2D eigenvalue weighted by Crippen LogP contribution is -1.95. The number of benzene rings is 2. The monoisotopic (exact) mass is 323 g/mol. The lowest BCUT2D eigenvalue weighted by atomic mass is 10.2. The molecule has 0 fully saturated rings. The van der Waals surface area contributed by atoms with Gasteiger partial charge in [-0.3, -0.25) is 0 Å². The minimum Gasteiger partial charge on any atom is -0.495 e. The van der Waals surface area contributed by atoms with E-state index in [-0.39, 0.29) is 0 Å². The first-order chi connectivity index (χ1) is 11.3. The third-order valence-electron chi connectivity index (χ3n) is 3.84. The van der Waals surface area contributed by atoms with Gasteiger partial charge in [0.15, 0.2) is 0 Å². The number of methoxy groups -OCH3 is 1. The number of halogens is 1. The summed E-state index contributed by atoms with van der Waals surface area (Å²) in [4.78, 5) is 7.82. The number of hydrogen-bond donors (Lipinski definition) is 2. The molecule has 2 heterocycles. The highest BCUT2D eigenvalue weighted by Gasteiger charge is 2.09. The Hall–Kier alpha value is -2.72. The summed E-state index contributed by atoms with van der Waals surface area (Å²) in [6.07, 6.45) is 1.89. The molecule has 5 heteroatoms. The topological polar surface area (TPSA) is 49.9 Å². The average Bonchev–Trinajstić information content (AvgIpc) is 3.06. The average molecular weight is 324 g/mol. The fourth-order valence-corrected chi connectivity index (χ4v) is 2.95. The van der Waals surface area contributed by atoms with Gasteiger partial charge in [-0.15, -0.1) is 0 Å². The molecule has 4 aromatic rings. The van der Waals surface area contributed by atoms with Crippen molar-refractivity contribution in [1.29, 1.82) is 0 Å². The zero-order chi connectivity index (χ0) is 15.8. The highest BCUT2D eigenvalue weighted by molar-refractivity contribution is 6.35. The van der Waals surface area contributed by atoms with Gasteiger partial charge in [0.2, 0.25) is 0 Å². The summed E-state index contributed by atoms with van der Waals surface area (Å²) in [5.74, 6) is 1.56. The van der Waals surface area contributed by atoms with Gasteiger partial charge in [-0.1, -0.05) is 23.7 Å². The van der Waals surface area contributed by atoms with Crippen LogP contribution in [0, 0.1) is 0 Å². The maximum absolute atomic E-state index is 6.24. The van der Waals surface area contributed by atoms with Gasteiger partial charge in [-0.25, -0.2) is 4.98 Å². The lowest BCUT2D eigenvalue weighted by molar-refractivity contribution is 0.419. The molecule has 0 bridgehead atoms. The van der Waals surface area contributed by atoms with Crippen LogP contribution in [0.25, 0.3) is 21.8 Å². The van der Waals surface area contributed by atoms with Gasteiger partial charge in [0, 0.05) is 22.7 Å². The van der Waals surface area contributed by atoms with Crippen molar-refractivity contribution in [1.82, 2.24) is 9.97 Å². The van der Waals surface area contributed by atoms with Gasteiger partial charge in [-0.2, -0.15) is 0 Å². The molecule has 0 aliphatic carbocycles. The first-order valence-corrected chi connectivity index (χ1v) is 7.60. The number of rotatable bonds is 3. The molecule has 0 unspecified atom stereocenters. The van der Waals surface area contributed by atoms with Gasteiger partial charge < -0.3 is 15.0 Å². The number of fused-ring (bicyclic) bond motifs is 2. The highest BCUT2D eigenvalue weighted by atomic mass is 35.5. The Balaban J connectivity index is 1.79. The third-order valence-corrected chi connectivity index (χ3v) is 4.14. The normalized spacial score (nSPS) is 11.0. The maximum Gasteiger partial charge on any atom is 0.143 e. The number of pyridine rings is 1. The number of anilines is 2. The van der Waals surface area contributed by atoms with E-state index in [4.69, 9.17) is 16.3 Å². The molecule has 114 valence electrons. The minimum atomic E-state index is 0.646. The molecule has 0 saturated carbocycles. The van der Waals surface area contributed by atoms with Crippen LogP contribution in [0.5, 0.6) is 5.75 Å². The second kappa shape index (κ2) is 5.48. The summed E-state index contributed by atoms with van der Waals surface area (Å²) in [5.41, 5.74) is 2.70. The molecule has 0 atom stereocenters. The fourth-order valence-electron chi connectivity index (χ4n) is 2.73. The largest absolute Gasteiger partial charge is 0.495 e. The molecule has 4 nitrogen and oxygen atoms in total. The number of aromatic nitrogens is 2. The number of ether oxygens (including phenoxy) is 1. The second-order valence-corrected chi connectivity index (χ2v) is 5.62. The predicted octanol–water partition coefficient (Wildman–Crippen LogP) is 5.12. The highest BCUT2D eigenvalue weighted by Crippen LogP contribution is 2.32. The molecule has 2 N–H and O–H groups in total. The standard InChI is InChI=1S/C18H14ClN3O/c1-23-15-7-6-14(12-9-10-20-18(12)15)21-16-8-5-11-3-2-4-13(19)17(11)22-16/h2-10,20H,1H3,(H,21,22). The predicted molar refractivity (Wildman–Crippen MR) is 94.9 cm³/mol. The quantitative estimate of drug-likeness (QED) is 0.550. The number of nitrogens with zero attached hydrogens (tertiary/aromatic N) is 1. The molecular formula is C18H14ClN3O. The minimum absolute atomic E-state index is 0.646. The summed E-state index contributed by atoms with van der Waals surface area (Å²) < 4.78 is 5.37. The van der Waals surface area contributed by atoms with Gasteiger partial charge in [-0.05, 0) is 36.4 Å². The van der Waals surface area contributed by atoms with Gasteiger partial charge in [0.25, 0.3) is 0 Å². The van der Waals surface area contributed by atoms with Crippen LogP contribution in [-0.2, 0) is 0 Å². The van der Waals surface area contributed by atoms with E-state index in [2.05, 4.69) is 15.3 Å². The van der Waals surface area contributed by atoms with Crippen LogP contribution >= 0.6 is 11.6 Å².